The first kappa shape index (κ1) is 24.2. The molecule has 0 aromatic heterocycles. The molecule has 2 atom stereocenters. The van der Waals surface area contributed by atoms with Gasteiger partial charge in [0.25, 0.3) is 0 Å². The van der Waals surface area contributed by atoms with Gasteiger partial charge in [-0.3, -0.25) is 0 Å². The van der Waals surface area contributed by atoms with E-state index in [9.17, 15) is 10.2 Å². The fourth-order valence-electron chi connectivity index (χ4n) is 2.86. The van der Waals surface area contributed by atoms with E-state index in [1.807, 2.05) is 76.2 Å². The Balaban J connectivity index is 2.07. The van der Waals surface area contributed by atoms with Crippen molar-refractivity contribution in [2.45, 2.75) is 52.0 Å². The van der Waals surface area contributed by atoms with Crippen molar-refractivity contribution < 1.29 is 19.7 Å². The number of benzene rings is 2. The summed E-state index contributed by atoms with van der Waals surface area (Å²) in [7, 11) is 0. The zero-order valence-electron chi connectivity index (χ0n) is 18.5. The Hall–Kier alpha value is -2.12. The Morgan fingerprint density at radius 3 is 1.40 bits per heavy atom. The van der Waals surface area contributed by atoms with E-state index in [0.29, 0.717) is 36.7 Å². The van der Waals surface area contributed by atoms with Crippen molar-refractivity contribution in [3.8, 4) is 22.6 Å². The normalized spacial score (nSPS) is 13.5. The number of ether oxygens (including phenoxy) is 2. The molecule has 6 nitrogen and oxygen atoms in total. The molecule has 0 saturated heterocycles. The van der Waals surface area contributed by atoms with Crippen LogP contribution in [0.1, 0.15) is 27.7 Å². The average Bonchev–Trinajstić information content (AvgIpc) is 2.73. The molecular weight excluding hydrogens is 380 g/mol. The maximum Gasteiger partial charge on any atom is 0.127 e. The van der Waals surface area contributed by atoms with E-state index in [1.54, 1.807) is 0 Å². The molecule has 2 rings (SSSR count). The number of hydrogen-bond acceptors (Lipinski definition) is 6. The lowest BCUT2D eigenvalue weighted by molar-refractivity contribution is 0.104. The third kappa shape index (κ3) is 8.32. The molecule has 166 valence electrons. The molecule has 0 aliphatic carbocycles. The number of aliphatic hydroxyl groups excluding tert-OH is 2. The third-order valence-electron chi connectivity index (χ3n) is 4.45. The lowest BCUT2D eigenvalue weighted by atomic mass is 10.0. The van der Waals surface area contributed by atoms with Crippen LogP contribution in [-0.4, -0.2) is 60.8 Å². The van der Waals surface area contributed by atoms with Gasteiger partial charge in [0.15, 0.2) is 0 Å². The summed E-state index contributed by atoms with van der Waals surface area (Å²) in [6, 6.07) is 16.0. The molecule has 0 saturated carbocycles. The number of rotatable bonds is 13. The van der Waals surface area contributed by atoms with Crippen LogP contribution in [0.2, 0.25) is 0 Å². The molecular formula is C24H36N2O4. The molecule has 0 bridgehead atoms. The van der Waals surface area contributed by atoms with Gasteiger partial charge in [-0.05, 0) is 12.1 Å². The average molecular weight is 417 g/mol. The van der Waals surface area contributed by atoms with E-state index >= 15 is 0 Å². The largest absolute Gasteiger partial charge is 0.490 e. The topological polar surface area (TPSA) is 83.0 Å². The van der Waals surface area contributed by atoms with Crippen molar-refractivity contribution in [1.82, 2.24) is 10.6 Å². The highest BCUT2D eigenvalue weighted by Crippen LogP contribution is 2.36. The van der Waals surface area contributed by atoms with Gasteiger partial charge in [-0.25, -0.2) is 0 Å². The van der Waals surface area contributed by atoms with E-state index in [4.69, 9.17) is 9.47 Å². The SMILES string of the molecule is CC(C)NC[C@@H](O)COc1ccccc1-c1ccccc1OC[C@H](O)CNC(C)C. The molecule has 0 aliphatic heterocycles. The van der Waals surface area contributed by atoms with E-state index in [-0.39, 0.29) is 13.2 Å². The summed E-state index contributed by atoms with van der Waals surface area (Å²) in [6.07, 6.45) is -1.20. The predicted molar refractivity (Wildman–Crippen MR) is 121 cm³/mol. The van der Waals surface area contributed by atoms with Crippen LogP contribution in [-0.2, 0) is 0 Å². The van der Waals surface area contributed by atoms with Gasteiger partial charge in [0.1, 0.15) is 36.9 Å². The lowest BCUT2D eigenvalue weighted by Gasteiger charge is -2.19. The summed E-state index contributed by atoms with van der Waals surface area (Å²) in [5.41, 5.74) is 1.76. The highest BCUT2D eigenvalue weighted by Gasteiger charge is 2.14. The first-order chi connectivity index (χ1) is 14.4. The molecule has 0 heterocycles. The quantitative estimate of drug-likeness (QED) is 0.402. The number of para-hydroxylation sites is 2. The first-order valence-electron chi connectivity index (χ1n) is 10.6. The summed E-state index contributed by atoms with van der Waals surface area (Å²) in [6.45, 7) is 9.49. The molecule has 2 aromatic carbocycles. The molecule has 0 amide bonds. The minimum atomic E-state index is -0.601. The Labute approximate surface area is 180 Å². The summed E-state index contributed by atoms with van der Waals surface area (Å²) in [4.78, 5) is 0. The molecule has 30 heavy (non-hydrogen) atoms. The fourth-order valence-corrected chi connectivity index (χ4v) is 2.86. The van der Waals surface area contributed by atoms with Crippen molar-refractivity contribution in [3.63, 3.8) is 0 Å². The van der Waals surface area contributed by atoms with Gasteiger partial charge in [-0.2, -0.15) is 0 Å². The van der Waals surface area contributed by atoms with Crippen LogP contribution in [0.4, 0.5) is 0 Å². The van der Waals surface area contributed by atoms with Gasteiger partial charge in [0.2, 0.25) is 0 Å². The Morgan fingerprint density at radius 2 is 1.03 bits per heavy atom. The van der Waals surface area contributed by atoms with Crippen LogP contribution in [0.15, 0.2) is 48.5 Å². The van der Waals surface area contributed by atoms with Crippen LogP contribution >= 0.6 is 0 Å². The highest BCUT2D eigenvalue weighted by atomic mass is 16.5. The van der Waals surface area contributed by atoms with Gasteiger partial charge in [-0.1, -0.05) is 64.1 Å². The van der Waals surface area contributed by atoms with Gasteiger partial charge in [0, 0.05) is 36.3 Å². The van der Waals surface area contributed by atoms with E-state index in [0.717, 1.165) is 11.1 Å². The van der Waals surface area contributed by atoms with Crippen molar-refractivity contribution in [1.29, 1.82) is 0 Å². The zero-order valence-corrected chi connectivity index (χ0v) is 18.5. The summed E-state index contributed by atoms with van der Waals surface area (Å²) in [5.74, 6) is 1.36. The zero-order chi connectivity index (χ0) is 21.9. The van der Waals surface area contributed by atoms with Crippen LogP contribution in [0.5, 0.6) is 11.5 Å². The van der Waals surface area contributed by atoms with E-state index in [1.165, 1.54) is 0 Å². The van der Waals surface area contributed by atoms with Gasteiger partial charge >= 0.3 is 0 Å². The molecule has 0 unspecified atom stereocenters. The molecule has 0 aliphatic rings. The minimum Gasteiger partial charge on any atom is -0.490 e. The van der Waals surface area contributed by atoms with Gasteiger partial charge < -0.3 is 30.3 Å². The predicted octanol–water partition coefficient (Wildman–Crippen LogP) is 2.83. The number of aliphatic hydroxyl groups is 2. The second-order valence-corrected chi connectivity index (χ2v) is 8.05. The standard InChI is InChI=1S/C24H36N2O4/c1-17(2)25-13-19(27)15-29-23-11-7-5-9-21(23)22-10-6-8-12-24(22)30-16-20(28)14-26-18(3)4/h5-12,17-20,25-28H,13-16H2,1-4H3/t19-,20-/m1/s1. The molecule has 0 radical (unpaired) electrons. The van der Waals surface area contributed by atoms with E-state index < -0.39 is 12.2 Å². The molecule has 6 heteroatoms. The second kappa shape index (κ2) is 12.5. The number of nitrogens with one attached hydrogen (secondary N) is 2. The molecule has 0 spiro atoms. The van der Waals surface area contributed by atoms with Crippen molar-refractivity contribution in [2.24, 2.45) is 0 Å². The summed E-state index contributed by atoms with van der Waals surface area (Å²) in [5, 5.41) is 26.7. The number of hydrogen-bond donors (Lipinski definition) is 4. The van der Waals surface area contributed by atoms with Crippen molar-refractivity contribution >= 4 is 0 Å². The Bertz CT molecular complexity index is 688. The van der Waals surface area contributed by atoms with Crippen molar-refractivity contribution in [2.75, 3.05) is 26.3 Å². The van der Waals surface area contributed by atoms with Gasteiger partial charge in [-0.15, -0.1) is 0 Å². The lowest BCUT2D eigenvalue weighted by Crippen LogP contribution is -2.35. The monoisotopic (exact) mass is 416 g/mol. The highest BCUT2D eigenvalue weighted by molar-refractivity contribution is 5.75. The smallest absolute Gasteiger partial charge is 0.127 e. The van der Waals surface area contributed by atoms with Crippen LogP contribution in [0, 0.1) is 0 Å². The summed E-state index contributed by atoms with van der Waals surface area (Å²) >= 11 is 0. The van der Waals surface area contributed by atoms with Crippen LogP contribution in [0.3, 0.4) is 0 Å². The van der Waals surface area contributed by atoms with E-state index in [2.05, 4.69) is 10.6 Å². The molecule has 4 N–H and O–H groups in total. The van der Waals surface area contributed by atoms with Crippen LogP contribution in [0.25, 0.3) is 11.1 Å². The maximum atomic E-state index is 10.2. The fraction of sp³-hybridized carbons (Fsp3) is 0.500. The molecule has 0 fully saturated rings. The van der Waals surface area contributed by atoms with Crippen molar-refractivity contribution in [3.05, 3.63) is 48.5 Å². The van der Waals surface area contributed by atoms with Gasteiger partial charge in [0.05, 0.1) is 0 Å². The first-order valence-corrected chi connectivity index (χ1v) is 10.6. The molecule has 2 aromatic rings. The third-order valence-corrected chi connectivity index (χ3v) is 4.45. The maximum absolute atomic E-state index is 10.2. The second-order valence-electron chi connectivity index (χ2n) is 8.05. The van der Waals surface area contributed by atoms with Crippen LogP contribution < -0.4 is 20.1 Å². The summed E-state index contributed by atoms with van der Waals surface area (Å²) < 4.78 is 11.9. The minimum absolute atomic E-state index is 0.194. The Kier molecular flexibility index (Phi) is 10.1. The Morgan fingerprint density at radius 1 is 0.667 bits per heavy atom.